The first kappa shape index (κ1) is 11.7. The Balaban J connectivity index is 2.97. The molecule has 82 valence electrons. The van der Waals surface area contributed by atoms with Crippen molar-refractivity contribution >= 4 is 5.69 Å². The average molecular weight is 208 g/mol. The number of nitrogens with zero attached hydrogens (tertiary/aromatic N) is 1. The van der Waals surface area contributed by atoms with Gasteiger partial charge < -0.3 is 5.32 Å². The summed E-state index contributed by atoms with van der Waals surface area (Å²) in [6.45, 7) is 5.97. The van der Waals surface area contributed by atoms with Gasteiger partial charge in [0.2, 0.25) is 0 Å². The van der Waals surface area contributed by atoms with Gasteiger partial charge in [0, 0.05) is 23.7 Å². The van der Waals surface area contributed by atoms with E-state index in [-0.39, 0.29) is 16.7 Å². The first-order chi connectivity index (χ1) is 7.02. The second kappa shape index (κ2) is 4.89. The second-order valence-electron chi connectivity index (χ2n) is 3.86. The molecule has 0 aliphatic carbocycles. The van der Waals surface area contributed by atoms with Gasteiger partial charge in [-0.15, -0.1) is 0 Å². The zero-order valence-corrected chi connectivity index (χ0v) is 9.23. The van der Waals surface area contributed by atoms with Crippen LogP contribution in [0.5, 0.6) is 0 Å². The molecule has 0 saturated heterocycles. The molecule has 1 aromatic carbocycles. The highest BCUT2D eigenvalue weighted by Gasteiger charge is 2.17. The molecular weight excluding hydrogens is 192 g/mol. The minimum absolute atomic E-state index is 0.00778. The molecule has 0 aromatic heterocycles. The molecule has 4 nitrogen and oxygen atoms in total. The molecule has 0 saturated carbocycles. The highest BCUT2D eigenvalue weighted by Crippen LogP contribution is 2.24. The van der Waals surface area contributed by atoms with Crippen LogP contribution in [0.1, 0.15) is 32.4 Å². The zero-order valence-electron chi connectivity index (χ0n) is 9.23. The van der Waals surface area contributed by atoms with Gasteiger partial charge in [0.25, 0.3) is 5.69 Å². The minimum Gasteiger partial charge on any atom is -0.308 e. The molecule has 0 radical (unpaired) electrons. The van der Waals surface area contributed by atoms with Crippen molar-refractivity contribution in [2.45, 2.75) is 32.9 Å². The number of nitro benzene ring substituents is 1. The molecule has 1 N–H and O–H groups in total. The highest BCUT2D eigenvalue weighted by atomic mass is 16.6. The summed E-state index contributed by atoms with van der Waals surface area (Å²) in [5.41, 5.74) is 0.911. The van der Waals surface area contributed by atoms with Crippen LogP contribution in [0.25, 0.3) is 0 Å². The van der Waals surface area contributed by atoms with Gasteiger partial charge in [0.05, 0.1) is 4.92 Å². The van der Waals surface area contributed by atoms with E-state index < -0.39 is 0 Å². The second-order valence-corrected chi connectivity index (χ2v) is 3.86. The Bertz CT molecular complexity index is 350. The number of nitro groups is 1. The summed E-state index contributed by atoms with van der Waals surface area (Å²) in [4.78, 5) is 10.5. The van der Waals surface area contributed by atoms with Gasteiger partial charge in [-0.25, -0.2) is 0 Å². The van der Waals surface area contributed by atoms with Gasteiger partial charge in [-0.2, -0.15) is 0 Å². The van der Waals surface area contributed by atoms with Crippen LogP contribution in [0, 0.1) is 10.1 Å². The fourth-order valence-electron chi connectivity index (χ4n) is 1.61. The molecule has 0 spiro atoms. The summed E-state index contributed by atoms with van der Waals surface area (Å²) in [7, 11) is 0. The van der Waals surface area contributed by atoms with Crippen molar-refractivity contribution in [3.63, 3.8) is 0 Å². The predicted molar refractivity (Wildman–Crippen MR) is 59.8 cm³/mol. The van der Waals surface area contributed by atoms with Crippen LogP contribution in [-0.2, 0) is 0 Å². The number of para-hydroxylation sites is 1. The zero-order chi connectivity index (χ0) is 11.4. The Labute approximate surface area is 89.5 Å². The van der Waals surface area contributed by atoms with Crippen LogP contribution in [-0.4, -0.2) is 11.0 Å². The van der Waals surface area contributed by atoms with Gasteiger partial charge in [-0.05, 0) is 6.92 Å². The number of hydrogen-bond donors (Lipinski definition) is 1. The van der Waals surface area contributed by atoms with E-state index in [1.54, 1.807) is 12.1 Å². The molecular formula is C11H16N2O2. The lowest BCUT2D eigenvalue weighted by Gasteiger charge is -2.16. The maximum absolute atomic E-state index is 10.8. The molecule has 1 atom stereocenters. The third kappa shape index (κ3) is 3.02. The molecule has 0 heterocycles. The number of hydrogen-bond acceptors (Lipinski definition) is 3. The van der Waals surface area contributed by atoms with Crippen LogP contribution in [0.4, 0.5) is 5.69 Å². The molecule has 1 aromatic rings. The van der Waals surface area contributed by atoms with Crippen molar-refractivity contribution in [2.24, 2.45) is 0 Å². The highest BCUT2D eigenvalue weighted by molar-refractivity contribution is 5.41. The number of benzene rings is 1. The van der Waals surface area contributed by atoms with E-state index in [2.05, 4.69) is 5.32 Å². The van der Waals surface area contributed by atoms with Crippen molar-refractivity contribution in [2.75, 3.05) is 0 Å². The maximum Gasteiger partial charge on any atom is 0.274 e. The summed E-state index contributed by atoms with van der Waals surface area (Å²) < 4.78 is 0. The number of nitrogens with one attached hydrogen (secondary N) is 1. The molecule has 1 rings (SSSR count). The van der Waals surface area contributed by atoms with Crippen molar-refractivity contribution in [1.29, 1.82) is 0 Å². The monoisotopic (exact) mass is 208 g/mol. The van der Waals surface area contributed by atoms with E-state index in [0.29, 0.717) is 6.04 Å². The maximum atomic E-state index is 10.8. The van der Waals surface area contributed by atoms with Crippen LogP contribution in [0.15, 0.2) is 24.3 Å². The third-order valence-electron chi connectivity index (χ3n) is 2.18. The van der Waals surface area contributed by atoms with Gasteiger partial charge >= 0.3 is 0 Å². The lowest BCUT2D eigenvalue weighted by atomic mass is 10.1. The van der Waals surface area contributed by atoms with Crippen LogP contribution in [0.2, 0.25) is 0 Å². The Morgan fingerprint density at radius 3 is 2.40 bits per heavy atom. The molecule has 0 bridgehead atoms. The van der Waals surface area contributed by atoms with E-state index in [0.717, 1.165) is 5.56 Å². The molecule has 1 unspecified atom stereocenters. The summed E-state index contributed by atoms with van der Waals surface area (Å²) in [6, 6.07) is 7.13. The topological polar surface area (TPSA) is 55.2 Å². The lowest BCUT2D eigenvalue weighted by Crippen LogP contribution is -2.26. The van der Waals surface area contributed by atoms with Crippen LogP contribution in [0.3, 0.4) is 0 Å². The lowest BCUT2D eigenvalue weighted by molar-refractivity contribution is -0.385. The minimum atomic E-state index is -0.339. The Morgan fingerprint density at radius 2 is 1.87 bits per heavy atom. The van der Waals surface area contributed by atoms with E-state index in [1.165, 1.54) is 6.07 Å². The fourth-order valence-corrected chi connectivity index (χ4v) is 1.61. The van der Waals surface area contributed by atoms with E-state index in [9.17, 15) is 10.1 Å². The van der Waals surface area contributed by atoms with Gasteiger partial charge in [-0.3, -0.25) is 10.1 Å². The standard InChI is InChI=1S/C11H16N2O2/c1-8(2)12-9(3)10-6-4-5-7-11(10)13(14)15/h4-9,12H,1-3H3. The number of rotatable bonds is 4. The third-order valence-corrected chi connectivity index (χ3v) is 2.18. The summed E-state index contributed by atoms with van der Waals surface area (Å²) >= 11 is 0. The van der Waals surface area contributed by atoms with Crippen LogP contribution >= 0.6 is 0 Å². The van der Waals surface area contributed by atoms with Gasteiger partial charge in [0.1, 0.15) is 0 Å². The Morgan fingerprint density at radius 1 is 1.27 bits per heavy atom. The average Bonchev–Trinajstić information content (AvgIpc) is 2.16. The summed E-state index contributed by atoms with van der Waals surface area (Å²) in [5, 5.41) is 14.0. The SMILES string of the molecule is CC(C)NC(C)c1ccccc1[N+](=O)[O-]. The van der Waals surface area contributed by atoms with Crippen molar-refractivity contribution in [3.05, 3.63) is 39.9 Å². The van der Waals surface area contributed by atoms with E-state index >= 15 is 0 Å². The fraction of sp³-hybridized carbons (Fsp3) is 0.455. The van der Waals surface area contributed by atoms with E-state index in [1.807, 2.05) is 26.8 Å². The first-order valence-corrected chi connectivity index (χ1v) is 5.01. The van der Waals surface area contributed by atoms with Gasteiger partial charge in [-0.1, -0.05) is 32.0 Å². The summed E-state index contributed by atoms with van der Waals surface area (Å²) in [6.07, 6.45) is 0. The largest absolute Gasteiger partial charge is 0.308 e. The van der Waals surface area contributed by atoms with Crippen molar-refractivity contribution in [3.8, 4) is 0 Å². The Hall–Kier alpha value is -1.42. The summed E-state index contributed by atoms with van der Waals surface area (Å²) in [5.74, 6) is 0. The quantitative estimate of drug-likeness (QED) is 0.611. The Kier molecular flexibility index (Phi) is 3.80. The molecule has 4 heteroatoms. The smallest absolute Gasteiger partial charge is 0.274 e. The van der Waals surface area contributed by atoms with Crippen LogP contribution < -0.4 is 5.32 Å². The molecule has 0 fully saturated rings. The first-order valence-electron chi connectivity index (χ1n) is 5.01. The molecule has 0 amide bonds. The van der Waals surface area contributed by atoms with Crippen molar-refractivity contribution in [1.82, 2.24) is 5.32 Å². The normalized spacial score (nSPS) is 12.8. The van der Waals surface area contributed by atoms with Crippen molar-refractivity contribution < 1.29 is 4.92 Å². The predicted octanol–water partition coefficient (Wildman–Crippen LogP) is 2.65. The van der Waals surface area contributed by atoms with Gasteiger partial charge in [0.15, 0.2) is 0 Å². The molecule has 15 heavy (non-hydrogen) atoms. The molecule has 0 aliphatic rings. The van der Waals surface area contributed by atoms with E-state index in [4.69, 9.17) is 0 Å². The molecule has 0 aliphatic heterocycles.